The van der Waals surface area contributed by atoms with Gasteiger partial charge in [0, 0.05) is 12.1 Å². The maximum atomic E-state index is 12.4. The third kappa shape index (κ3) is 3.74. The average molecular weight is 347 g/mol. The third-order valence-electron chi connectivity index (χ3n) is 4.10. The van der Waals surface area contributed by atoms with E-state index in [1.165, 1.54) is 23.8 Å². The van der Waals surface area contributed by atoms with Gasteiger partial charge in [-0.25, -0.2) is 0 Å². The summed E-state index contributed by atoms with van der Waals surface area (Å²) in [6.45, 7) is 7.98. The van der Waals surface area contributed by atoms with Gasteiger partial charge in [0.1, 0.15) is 0 Å². The highest BCUT2D eigenvalue weighted by molar-refractivity contribution is 6.34. The molecule has 0 fully saturated rings. The molecule has 2 rings (SSSR count). The molecular formula is C18H19ClN2O3. The van der Waals surface area contributed by atoms with Crippen LogP contribution >= 0.6 is 11.6 Å². The second-order valence-electron chi connectivity index (χ2n) is 5.91. The van der Waals surface area contributed by atoms with Crippen molar-refractivity contribution in [2.45, 2.75) is 33.7 Å². The molecule has 0 spiro atoms. The fourth-order valence-corrected chi connectivity index (χ4v) is 2.86. The van der Waals surface area contributed by atoms with Crippen LogP contribution in [0.5, 0.6) is 0 Å². The van der Waals surface area contributed by atoms with Crippen molar-refractivity contribution in [1.29, 1.82) is 0 Å². The molecule has 0 saturated heterocycles. The summed E-state index contributed by atoms with van der Waals surface area (Å²) >= 11 is 6.01. The summed E-state index contributed by atoms with van der Waals surface area (Å²) in [4.78, 5) is 22.6. The van der Waals surface area contributed by atoms with Crippen LogP contribution in [0.3, 0.4) is 0 Å². The van der Waals surface area contributed by atoms with Crippen LogP contribution in [0.2, 0.25) is 5.02 Å². The number of carbonyl (C=O) groups is 1. The quantitative estimate of drug-likeness (QED) is 0.646. The van der Waals surface area contributed by atoms with Crippen molar-refractivity contribution in [1.82, 2.24) is 5.32 Å². The summed E-state index contributed by atoms with van der Waals surface area (Å²) in [6, 6.07) is 7.77. The van der Waals surface area contributed by atoms with Gasteiger partial charge in [0.25, 0.3) is 11.6 Å². The van der Waals surface area contributed by atoms with Crippen LogP contribution in [0.4, 0.5) is 5.69 Å². The Bertz CT molecular complexity index is 818. The number of hydrogen-bond acceptors (Lipinski definition) is 3. The fourth-order valence-electron chi connectivity index (χ4n) is 2.60. The van der Waals surface area contributed by atoms with E-state index >= 15 is 0 Å². The lowest BCUT2D eigenvalue weighted by molar-refractivity contribution is -0.384. The normalized spacial score (nSPS) is 11.9. The van der Waals surface area contributed by atoms with Crippen LogP contribution in [0.15, 0.2) is 30.3 Å². The van der Waals surface area contributed by atoms with E-state index in [-0.39, 0.29) is 28.2 Å². The number of carbonyl (C=O) groups excluding carboxylic acids is 1. The molecule has 5 nitrogen and oxygen atoms in total. The Morgan fingerprint density at radius 2 is 1.75 bits per heavy atom. The number of non-ortho nitro benzene ring substituents is 1. The molecule has 0 aliphatic heterocycles. The molecule has 2 aromatic rings. The van der Waals surface area contributed by atoms with Crippen molar-refractivity contribution < 1.29 is 9.72 Å². The summed E-state index contributed by atoms with van der Waals surface area (Å²) in [6.07, 6.45) is 0. The number of benzene rings is 2. The zero-order valence-corrected chi connectivity index (χ0v) is 14.8. The van der Waals surface area contributed by atoms with E-state index in [1.807, 2.05) is 27.7 Å². The van der Waals surface area contributed by atoms with Crippen molar-refractivity contribution in [2.24, 2.45) is 0 Å². The van der Waals surface area contributed by atoms with Crippen molar-refractivity contribution in [2.75, 3.05) is 0 Å². The minimum absolute atomic E-state index is 0.0608. The van der Waals surface area contributed by atoms with Crippen molar-refractivity contribution >= 4 is 23.2 Å². The molecule has 0 heterocycles. The zero-order chi connectivity index (χ0) is 18.0. The number of nitrogens with zero attached hydrogens (tertiary/aromatic N) is 1. The lowest BCUT2D eigenvalue weighted by Gasteiger charge is -2.19. The highest BCUT2D eigenvalue weighted by atomic mass is 35.5. The van der Waals surface area contributed by atoms with E-state index in [2.05, 4.69) is 17.4 Å². The molecule has 0 saturated carbocycles. The molecule has 2 aromatic carbocycles. The largest absolute Gasteiger partial charge is 0.345 e. The molecule has 0 bridgehead atoms. The first-order chi connectivity index (χ1) is 11.2. The summed E-state index contributed by atoms with van der Waals surface area (Å²) in [5.41, 5.74) is 4.56. The standard InChI is InChI=1S/C18H19ClN2O3/c1-10-7-12(3)16(8-11(10)2)13(4)20-18(22)15-6-5-14(21(23)24)9-17(15)19/h5-9,13H,1-4H3,(H,20,22). The smallest absolute Gasteiger partial charge is 0.270 e. The number of nitro groups is 1. The van der Waals surface area contributed by atoms with Gasteiger partial charge < -0.3 is 5.32 Å². The highest BCUT2D eigenvalue weighted by Crippen LogP contribution is 2.25. The monoisotopic (exact) mass is 346 g/mol. The molecular weight excluding hydrogens is 328 g/mol. The van der Waals surface area contributed by atoms with E-state index in [4.69, 9.17) is 11.6 Å². The first-order valence-corrected chi connectivity index (χ1v) is 7.91. The third-order valence-corrected chi connectivity index (χ3v) is 4.42. The summed E-state index contributed by atoms with van der Waals surface area (Å²) in [5, 5.41) is 13.7. The van der Waals surface area contributed by atoms with Crippen LogP contribution in [0.25, 0.3) is 0 Å². The lowest BCUT2D eigenvalue weighted by Crippen LogP contribution is -2.27. The Balaban J connectivity index is 2.23. The van der Waals surface area contributed by atoms with Gasteiger partial charge in [0.15, 0.2) is 0 Å². The number of nitro benzene ring substituents is 1. The molecule has 0 aromatic heterocycles. The van der Waals surface area contributed by atoms with Gasteiger partial charge in [-0.1, -0.05) is 23.7 Å². The van der Waals surface area contributed by atoms with E-state index in [0.717, 1.165) is 16.7 Å². The minimum atomic E-state index is -0.547. The molecule has 1 unspecified atom stereocenters. The molecule has 0 aliphatic rings. The van der Waals surface area contributed by atoms with E-state index in [1.54, 1.807) is 0 Å². The molecule has 0 aliphatic carbocycles. The van der Waals surface area contributed by atoms with Crippen LogP contribution in [0, 0.1) is 30.9 Å². The average Bonchev–Trinajstić information content (AvgIpc) is 2.50. The summed E-state index contributed by atoms with van der Waals surface area (Å²) in [5.74, 6) is -0.361. The van der Waals surface area contributed by atoms with Gasteiger partial charge in [0.05, 0.1) is 21.6 Å². The van der Waals surface area contributed by atoms with E-state index in [9.17, 15) is 14.9 Å². The van der Waals surface area contributed by atoms with Crippen LogP contribution in [-0.4, -0.2) is 10.8 Å². The first kappa shape index (κ1) is 17.9. The summed E-state index contributed by atoms with van der Waals surface area (Å²) < 4.78 is 0. The van der Waals surface area contributed by atoms with Gasteiger partial charge in [0.2, 0.25) is 0 Å². The van der Waals surface area contributed by atoms with Crippen molar-refractivity contribution in [3.8, 4) is 0 Å². The van der Waals surface area contributed by atoms with Crippen LogP contribution < -0.4 is 5.32 Å². The predicted molar refractivity (Wildman–Crippen MR) is 94.6 cm³/mol. The number of amides is 1. The predicted octanol–water partition coefficient (Wildman–Crippen LogP) is 4.66. The Hall–Kier alpha value is -2.40. The van der Waals surface area contributed by atoms with E-state index < -0.39 is 4.92 Å². The van der Waals surface area contributed by atoms with Gasteiger partial charge in [-0.15, -0.1) is 0 Å². The zero-order valence-electron chi connectivity index (χ0n) is 14.0. The number of aryl methyl sites for hydroxylation is 3. The molecule has 0 radical (unpaired) electrons. The Kier molecular flexibility index (Phi) is 5.24. The Morgan fingerprint density at radius 3 is 2.33 bits per heavy atom. The number of hydrogen-bond donors (Lipinski definition) is 1. The van der Waals surface area contributed by atoms with Gasteiger partial charge in [-0.3, -0.25) is 14.9 Å². The van der Waals surface area contributed by atoms with Crippen molar-refractivity contribution in [3.63, 3.8) is 0 Å². The molecule has 6 heteroatoms. The van der Waals surface area contributed by atoms with Gasteiger partial charge in [-0.2, -0.15) is 0 Å². The van der Waals surface area contributed by atoms with Crippen LogP contribution in [0.1, 0.15) is 45.6 Å². The SMILES string of the molecule is Cc1cc(C)c(C(C)NC(=O)c2ccc([N+](=O)[O-])cc2Cl)cc1C. The minimum Gasteiger partial charge on any atom is -0.345 e. The second-order valence-corrected chi connectivity index (χ2v) is 6.32. The number of halogens is 1. The topological polar surface area (TPSA) is 72.2 Å². The highest BCUT2D eigenvalue weighted by Gasteiger charge is 2.18. The second kappa shape index (κ2) is 7.01. The Labute approximate surface area is 145 Å². The van der Waals surface area contributed by atoms with Crippen LogP contribution in [-0.2, 0) is 0 Å². The fraction of sp³-hybridized carbons (Fsp3) is 0.278. The summed E-state index contributed by atoms with van der Waals surface area (Å²) in [7, 11) is 0. The number of rotatable bonds is 4. The molecule has 1 amide bonds. The van der Waals surface area contributed by atoms with Gasteiger partial charge >= 0.3 is 0 Å². The first-order valence-electron chi connectivity index (χ1n) is 7.53. The number of nitrogens with one attached hydrogen (secondary N) is 1. The van der Waals surface area contributed by atoms with Gasteiger partial charge in [-0.05, 0) is 56.0 Å². The molecule has 126 valence electrons. The molecule has 24 heavy (non-hydrogen) atoms. The maximum absolute atomic E-state index is 12.4. The lowest BCUT2D eigenvalue weighted by atomic mass is 9.96. The van der Waals surface area contributed by atoms with Crippen molar-refractivity contribution in [3.05, 3.63) is 73.3 Å². The molecule has 1 atom stereocenters. The molecule has 1 N–H and O–H groups in total. The maximum Gasteiger partial charge on any atom is 0.270 e. The van der Waals surface area contributed by atoms with E-state index in [0.29, 0.717) is 0 Å². The Morgan fingerprint density at radius 1 is 1.12 bits per heavy atom.